The number of nitriles is 1. The average molecular weight is 469 g/mol. The molecule has 0 aliphatic rings. The van der Waals surface area contributed by atoms with E-state index in [2.05, 4.69) is 10.3 Å². The first-order valence-electron chi connectivity index (χ1n) is 8.90. The molecule has 1 amide bonds. The fourth-order valence-corrected chi connectivity index (χ4v) is 4.60. The number of alkyl halides is 3. The highest BCUT2D eigenvalue weighted by Gasteiger charge is 2.40. The molecular formula is C19H15F4N5O3S. The topological polar surface area (TPSA) is 117 Å². The molecule has 1 aromatic carbocycles. The summed E-state index contributed by atoms with van der Waals surface area (Å²) in [6, 6.07) is 5.29. The summed E-state index contributed by atoms with van der Waals surface area (Å²) >= 11 is 0. The van der Waals surface area contributed by atoms with Crippen molar-refractivity contribution in [3.63, 3.8) is 0 Å². The molecule has 0 aliphatic carbocycles. The van der Waals surface area contributed by atoms with Crippen LogP contribution in [0.25, 0.3) is 10.9 Å². The maximum atomic E-state index is 13.5. The Balaban J connectivity index is 2.09. The molecule has 0 radical (unpaired) electrons. The molecule has 0 saturated carbocycles. The quantitative estimate of drug-likeness (QED) is 0.557. The second-order valence-electron chi connectivity index (χ2n) is 6.76. The number of benzene rings is 1. The van der Waals surface area contributed by atoms with Crippen molar-refractivity contribution in [1.82, 2.24) is 14.3 Å². The molecule has 2 N–H and O–H groups in total. The van der Waals surface area contributed by atoms with Crippen molar-refractivity contribution < 1.29 is 30.8 Å². The first-order chi connectivity index (χ1) is 14.9. The van der Waals surface area contributed by atoms with Crippen molar-refractivity contribution in [1.29, 1.82) is 5.26 Å². The molecule has 1 atom stereocenters. The van der Waals surface area contributed by atoms with Crippen molar-refractivity contribution in [3.8, 4) is 6.07 Å². The summed E-state index contributed by atoms with van der Waals surface area (Å²) in [6.45, 7) is 0.644. The van der Waals surface area contributed by atoms with E-state index in [0.717, 1.165) is 16.7 Å². The number of pyridine rings is 1. The van der Waals surface area contributed by atoms with Crippen molar-refractivity contribution >= 4 is 32.5 Å². The predicted octanol–water partition coefficient (Wildman–Crippen LogP) is 3.07. The van der Waals surface area contributed by atoms with Gasteiger partial charge in [-0.25, -0.2) is 12.8 Å². The minimum atomic E-state index is -4.83. The lowest BCUT2D eigenvalue weighted by atomic mass is 10.2. The van der Waals surface area contributed by atoms with Crippen LogP contribution in [0.2, 0.25) is 0 Å². The zero-order valence-electron chi connectivity index (χ0n) is 16.5. The number of nitrogens with one attached hydrogen (secondary N) is 2. The second-order valence-corrected chi connectivity index (χ2v) is 8.39. The fourth-order valence-electron chi connectivity index (χ4n) is 3.02. The Labute approximate surface area is 179 Å². The van der Waals surface area contributed by atoms with Crippen molar-refractivity contribution in [2.24, 2.45) is 7.05 Å². The number of rotatable bonds is 5. The lowest BCUT2D eigenvalue weighted by molar-refractivity contribution is -0.147. The number of carbonyl (C=O) groups is 1. The summed E-state index contributed by atoms with van der Waals surface area (Å²) in [5, 5.41) is 10.8. The average Bonchev–Trinajstić information content (AvgIpc) is 3.00. The van der Waals surface area contributed by atoms with Crippen LogP contribution in [0.1, 0.15) is 23.0 Å². The molecule has 0 spiro atoms. The summed E-state index contributed by atoms with van der Waals surface area (Å²) in [5.41, 5.74) is -0.691. The number of nitrogens with zero attached hydrogens (tertiary/aromatic N) is 3. The molecule has 0 bridgehead atoms. The van der Waals surface area contributed by atoms with Crippen LogP contribution in [0, 0.1) is 17.1 Å². The number of anilines is 1. The lowest BCUT2D eigenvalue weighted by Crippen LogP contribution is -2.43. The third-order valence-electron chi connectivity index (χ3n) is 4.54. The van der Waals surface area contributed by atoms with Gasteiger partial charge in [0.05, 0.1) is 5.56 Å². The Kier molecular flexibility index (Phi) is 5.94. The lowest BCUT2D eigenvalue weighted by Gasteiger charge is -2.17. The van der Waals surface area contributed by atoms with Crippen LogP contribution >= 0.6 is 0 Å². The van der Waals surface area contributed by atoms with Gasteiger partial charge in [0.15, 0.2) is 5.03 Å². The number of halogens is 4. The molecule has 32 heavy (non-hydrogen) atoms. The Bertz CT molecular complexity index is 1360. The molecule has 0 fully saturated rings. The predicted molar refractivity (Wildman–Crippen MR) is 106 cm³/mol. The zero-order valence-corrected chi connectivity index (χ0v) is 17.3. The Morgan fingerprint density at radius 3 is 2.59 bits per heavy atom. The summed E-state index contributed by atoms with van der Waals surface area (Å²) in [5.74, 6) is -1.64. The smallest absolute Gasteiger partial charge is 0.327 e. The molecule has 2 heterocycles. The maximum absolute atomic E-state index is 13.5. The van der Waals surface area contributed by atoms with E-state index in [0.29, 0.717) is 6.92 Å². The number of aromatic nitrogens is 2. The molecular weight excluding hydrogens is 454 g/mol. The molecule has 0 saturated heterocycles. The molecule has 3 rings (SSSR count). The van der Waals surface area contributed by atoms with Crippen LogP contribution in [-0.2, 0) is 17.1 Å². The summed E-state index contributed by atoms with van der Waals surface area (Å²) in [6.07, 6.45) is -3.60. The highest BCUT2D eigenvalue weighted by Crippen LogP contribution is 2.29. The van der Waals surface area contributed by atoms with E-state index < -0.39 is 39.0 Å². The zero-order chi connectivity index (χ0) is 23.8. The summed E-state index contributed by atoms with van der Waals surface area (Å²) < 4.78 is 80.2. The van der Waals surface area contributed by atoms with Gasteiger partial charge >= 0.3 is 6.18 Å². The van der Waals surface area contributed by atoms with Crippen LogP contribution < -0.4 is 10.0 Å². The van der Waals surface area contributed by atoms with Crippen LogP contribution in [0.15, 0.2) is 41.6 Å². The largest absolute Gasteiger partial charge is 0.404 e. The molecule has 1 unspecified atom stereocenters. The van der Waals surface area contributed by atoms with Crippen molar-refractivity contribution in [2.75, 3.05) is 5.32 Å². The molecule has 168 valence electrons. The molecule has 13 heteroatoms. The van der Waals surface area contributed by atoms with Crippen LogP contribution in [0.5, 0.6) is 0 Å². The Morgan fingerprint density at radius 2 is 1.97 bits per heavy atom. The van der Waals surface area contributed by atoms with E-state index in [-0.39, 0.29) is 27.8 Å². The Morgan fingerprint density at radius 1 is 1.28 bits per heavy atom. The van der Waals surface area contributed by atoms with E-state index in [1.165, 1.54) is 31.4 Å². The highest BCUT2D eigenvalue weighted by atomic mass is 32.2. The van der Waals surface area contributed by atoms with Gasteiger partial charge in [-0.2, -0.15) is 23.2 Å². The first kappa shape index (κ1) is 23.2. The van der Waals surface area contributed by atoms with Gasteiger partial charge < -0.3 is 9.88 Å². The van der Waals surface area contributed by atoms with Crippen LogP contribution in [0.3, 0.4) is 0 Å². The minimum Gasteiger partial charge on any atom is -0.327 e. The van der Waals surface area contributed by atoms with E-state index in [4.69, 9.17) is 5.26 Å². The SMILES string of the molecule is CC(NS(=O)(=O)c1c2ncccc2c(C(=O)Nc2ccc(F)c(C#N)c2)n1C)C(F)(F)F. The number of sulfonamides is 1. The van der Waals surface area contributed by atoms with Gasteiger partial charge in [0.2, 0.25) is 0 Å². The number of amides is 1. The molecule has 0 aliphatic heterocycles. The second kappa shape index (κ2) is 8.21. The van der Waals surface area contributed by atoms with E-state index in [1.54, 1.807) is 10.8 Å². The van der Waals surface area contributed by atoms with Gasteiger partial charge in [-0.15, -0.1) is 0 Å². The molecule has 8 nitrogen and oxygen atoms in total. The highest BCUT2D eigenvalue weighted by molar-refractivity contribution is 7.89. The maximum Gasteiger partial charge on any atom is 0.404 e. The van der Waals surface area contributed by atoms with Gasteiger partial charge in [-0.3, -0.25) is 9.78 Å². The number of hydrogen-bond acceptors (Lipinski definition) is 5. The molecule has 2 aromatic heterocycles. The molecule has 3 aromatic rings. The normalized spacial score (nSPS) is 13.0. The van der Waals surface area contributed by atoms with Gasteiger partial charge in [-0.05, 0) is 37.3 Å². The van der Waals surface area contributed by atoms with Gasteiger partial charge in [0, 0.05) is 24.3 Å². The van der Waals surface area contributed by atoms with Gasteiger partial charge in [0.25, 0.3) is 15.9 Å². The third-order valence-corrected chi connectivity index (χ3v) is 6.18. The van der Waals surface area contributed by atoms with Gasteiger partial charge in [-0.1, -0.05) is 0 Å². The van der Waals surface area contributed by atoms with Crippen LogP contribution in [0.4, 0.5) is 23.2 Å². The summed E-state index contributed by atoms with van der Waals surface area (Å²) in [7, 11) is -3.55. The minimum absolute atomic E-state index is 0.0550. The number of fused-ring (bicyclic) bond motifs is 1. The van der Waals surface area contributed by atoms with Crippen molar-refractivity contribution in [3.05, 3.63) is 53.6 Å². The fraction of sp³-hybridized carbons (Fsp3) is 0.211. The van der Waals surface area contributed by atoms with E-state index in [9.17, 15) is 30.8 Å². The van der Waals surface area contributed by atoms with Gasteiger partial charge in [0.1, 0.15) is 29.1 Å². The Hall–Kier alpha value is -3.50. The number of hydrogen-bond donors (Lipinski definition) is 2. The third kappa shape index (κ3) is 4.27. The van der Waals surface area contributed by atoms with Crippen molar-refractivity contribution in [2.45, 2.75) is 24.2 Å². The van der Waals surface area contributed by atoms with E-state index >= 15 is 0 Å². The van der Waals surface area contributed by atoms with Crippen LogP contribution in [-0.4, -0.2) is 36.1 Å². The number of carbonyl (C=O) groups excluding carboxylic acids is 1. The first-order valence-corrected chi connectivity index (χ1v) is 10.4. The summed E-state index contributed by atoms with van der Waals surface area (Å²) in [4.78, 5) is 16.9. The standard InChI is InChI=1S/C19H15F4N5O3S/c1-10(19(21,22)23)27-32(30,31)18-15-13(4-3-7-25-15)16(28(18)2)17(29)26-12-5-6-14(20)11(8-12)9-24/h3-8,10,27H,1-2H3,(H,26,29). The van der Waals surface area contributed by atoms with E-state index in [1.807, 2.05) is 0 Å². The monoisotopic (exact) mass is 469 g/mol.